The molecule has 0 heterocycles. The van der Waals surface area contributed by atoms with Gasteiger partial charge in [0.15, 0.2) is 0 Å². The highest BCUT2D eigenvalue weighted by molar-refractivity contribution is 6.21. The van der Waals surface area contributed by atoms with E-state index in [0.29, 0.717) is 25.4 Å². The summed E-state index contributed by atoms with van der Waals surface area (Å²) < 4.78 is 6.02. The van der Waals surface area contributed by atoms with Crippen molar-refractivity contribution >= 4 is 17.3 Å². The molecular formula is C22H26ClNO4. The number of ether oxygens (including phenoxy) is 1. The second kappa shape index (κ2) is 9.89. The molecule has 0 spiro atoms. The van der Waals surface area contributed by atoms with Crippen molar-refractivity contribution in [3.05, 3.63) is 69.8 Å². The number of rotatable bonds is 9. The summed E-state index contributed by atoms with van der Waals surface area (Å²) in [7, 11) is 0. The zero-order chi connectivity index (χ0) is 19.9. The number of aliphatic hydroxyl groups is 1. The molecule has 2 aromatic carbocycles. The molecule has 3 rings (SSSR count). The van der Waals surface area contributed by atoms with E-state index < -0.39 is 0 Å². The van der Waals surface area contributed by atoms with Gasteiger partial charge in [-0.1, -0.05) is 30.3 Å². The van der Waals surface area contributed by atoms with Crippen LogP contribution in [0.2, 0.25) is 0 Å². The number of nitrogens with zero attached hydrogens (tertiary/aromatic N) is 1. The number of halogens is 1. The summed E-state index contributed by atoms with van der Waals surface area (Å²) in [5.74, 6) is 1.41. The summed E-state index contributed by atoms with van der Waals surface area (Å²) in [4.78, 5) is 10.9. The Morgan fingerprint density at radius 2 is 1.96 bits per heavy atom. The van der Waals surface area contributed by atoms with Gasteiger partial charge >= 0.3 is 0 Å². The van der Waals surface area contributed by atoms with Crippen molar-refractivity contribution in [2.24, 2.45) is 11.8 Å². The number of nitro benzene ring substituents is 1. The molecule has 0 amide bonds. The molecule has 0 aromatic heterocycles. The van der Waals surface area contributed by atoms with Crippen molar-refractivity contribution in [3.8, 4) is 5.75 Å². The van der Waals surface area contributed by atoms with Crippen LogP contribution in [0.4, 0.5) is 5.69 Å². The second-order valence-corrected chi connectivity index (χ2v) is 7.93. The molecule has 2 aromatic rings. The minimum atomic E-state index is -0.311. The largest absolute Gasteiger partial charge is 0.493 e. The third kappa shape index (κ3) is 5.24. The topological polar surface area (TPSA) is 72.6 Å². The van der Waals surface area contributed by atoms with Gasteiger partial charge in [0, 0.05) is 29.5 Å². The Morgan fingerprint density at radius 1 is 1.14 bits per heavy atom. The molecule has 1 aliphatic rings. The second-order valence-electron chi connectivity index (χ2n) is 7.37. The predicted molar refractivity (Wildman–Crippen MR) is 110 cm³/mol. The molecule has 1 saturated carbocycles. The molecule has 5 nitrogen and oxygen atoms in total. The lowest BCUT2D eigenvalue weighted by atomic mass is 9.90. The first-order valence-electron chi connectivity index (χ1n) is 9.77. The molecule has 1 unspecified atom stereocenters. The van der Waals surface area contributed by atoms with Gasteiger partial charge in [-0.15, -0.1) is 11.6 Å². The molecule has 3 atom stereocenters. The van der Waals surface area contributed by atoms with Gasteiger partial charge < -0.3 is 9.84 Å². The molecule has 1 N–H and O–H groups in total. The molecule has 1 fully saturated rings. The van der Waals surface area contributed by atoms with Gasteiger partial charge in [0.25, 0.3) is 5.69 Å². The van der Waals surface area contributed by atoms with E-state index in [1.807, 2.05) is 36.4 Å². The van der Waals surface area contributed by atoms with Gasteiger partial charge in [-0.25, -0.2) is 0 Å². The zero-order valence-corrected chi connectivity index (χ0v) is 16.6. The van der Waals surface area contributed by atoms with E-state index >= 15 is 0 Å². The van der Waals surface area contributed by atoms with E-state index in [1.54, 1.807) is 12.1 Å². The number of nitro groups is 1. The standard InChI is InChI=1S/C22H26ClNO4/c23-21-11-10-17(8-9-18-5-1-2-7-22(18)24(26)27)20(21)15-28-19-6-3-4-16(14-19)12-13-25/h1-7,14,17,20-21,25H,8-13,15H2/t17-,20+,21?/m0/s1. The monoisotopic (exact) mass is 403 g/mol. The van der Waals surface area contributed by atoms with Crippen molar-refractivity contribution in [1.82, 2.24) is 0 Å². The Balaban J connectivity index is 1.60. The highest BCUT2D eigenvalue weighted by atomic mass is 35.5. The highest BCUT2D eigenvalue weighted by Crippen LogP contribution is 2.39. The zero-order valence-electron chi connectivity index (χ0n) is 15.8. The highest BCUT2D eigenvalue weighted by Gasteiger charge is 2.35. The van der Waals surface area contributed by atoms with Crippen LogP contribution in [0.5, 0.6) is 5.75 Å². The Hall–Kier alpha value is -2.11. The molecule has 6 heteroatoms. The quantitative estimate of drug-likeness (QED) is 0.371. The van der Waals surface area contributed by atoms with Crippen LogP contribution < -0.4 is 4.74 Å². The van der Waals surface area contributed by atoms with Crippen molar-refractivity contribution in [2.75, 3.05) is 13.2 Å². The van der Waals surface area contributed by atoms with E-state index in [2.05, 4.69) is 0 Å². The van der Waals surface area contributed by atoms with Gasteiger partial charge in [0.05, 0.1) is 11.5 Å². The third-order valence-corrected chi connectivity index (χ3v) is 6.14. The van der Waals surface area contributed by atoms with Crippen LogP contribution in [-0.2, 0) is 12.8 Å². The molecular weight excluding hydrogens is 378 g/mol. The van der Waals surface area contributed by atoms with Crippen LogP contribution in [0.3, 0.4) is 0 Å². The fourth-order valence-corrected chi connectivity index (χ4v) is 4.45. The van der Waals surface area contributed by atoms with Gasteiger partial charge in [-0.2, -0.15) is 0 Å². The van der Waals surface area contributed by atoms with Crippen molar-refractivity contribution in [3.63, 3.8) is 0 Å². The molecule has 0 saturated heterocycles. The summed E-state index contributed by atoms with van der Waals surface area (Å²) in [6, 6.07) is 14.7. The van der Waals surface area contributed by atoms with Crippen LogP contribution in [0, 0.1) is 22.0 Å². The molecule has 0 radical (unpaired) electrons. The number of aliphatic hydroxyl groups excluding tert-OH is 1. The summed E-state index contributed by atoms with van der Waals surface area (Å²) in [6.45, 7) is 0.655. The number of alkyl halides is 1. The summed E-state index contributed by atoms with van der Waals surface area (Å²) in [5, 5.41) is 20.4. The van der Waals surface area contributed by atoms with Gasteiger partial charge in [-0.3, -0.25) is 10.1 Å². The van der Waals surface area contributed by atoms with Crippen molar-refractivity contribution < 1.29 is 14.8 Å². The first-order chi connectivity index (χ1) is 13.6. The lowest BCUT2D eigenvalue weighted by molar-refractivity contribution is -0.385. The van der Waals surface area contributed by atoms with Gasteiger partial charge in [0.2, 0.25) is 0 Å². The summed E-state index contributed by atoms with van der Waals surface area (Å²) >= 11 is 6.56. The van der Waals surface area contributed by atoms with Crippen LogP contribution >= 0.6 is 11.6 Å². The van der Waals surface area contributed by atoms with Crippen molar-refractivity contribution in [2.45, 2.75) is 37.5 Å². The van der Waals surface area contributed by atoms with Crippen LogP contribution in [0.15, 0.2) is 48.5 Å². The van der Waals surface area contributed by atoms with Crippen LogP contribution in [0.1, 0.15) is 30.4 Å². The van der Waals surface area contributed by atoms with Gasteiger partial charge in [-0.05, 0) is 55.7 Å². The lowest BCUT2D eigenvalue weighted by Crippen LogP contribution is -2.23. The first-order valence-corrected chi connectivity index (χ1v) is 10.2. The van der Waals surface area contributed by atoms with Gasteiger partial charge in [0.1, 0.15) is 5.75 Å². The van der Waals surface area contributed by atoms with Crippen molar-refractivity contribution in [1.29, 1.82) is 0 Å². The molecule has 28 heavy (non-hydrogen) atoms. The Kier molecular flexibility index (Phi) is 7.29. The predicted octanol–water partition coefficient (Wildman–Crippen LogP) is 4.77. The number of aryl methyl sites for hydroxylation is 1. The summed E-state index contributed by atoms with van der Waals surface area (Å²) in [5.41, 5.74) is 2.01. The number of hydrogen-bond acceptors (Lipinski definition) is 4. The maximum absolute atomic E-state index is 11.2. The maximum Gasteiger partial charge on any atom is 0.272 e. The number of para-hydroxylation sites is 1. The van der Waals surface area contributed by atoms with Crippen LogP contribution in [0.25, 0.3) is 0 Å². The summed E-state index contributed by atoms with van der Waals surface area (Å²) in [6.07, 6.45) is 4.12. The first kappa shape index (κ1) is 20.6. The third-order valence-electron chi connectivity index (χ3n) is 5.60. The Labute approximate surface area is 170 Å². The average Bonchev–Trinajstić information content (AvgIpc) is 3.05. The van der Waals surface area contributed by atoms with E-state index in [1.165, 1.54) is 0 Å². The maximum atomic E-state index is 11.2. The minimum absolute atomic E-state index is 0.0661. The fraction of sp³-hybridized carbons (Fsp3) is 0.455. The van der Waals surface area contributed by atoms with Crippen LogP contribution in [-0.4, -0.2) is 28.6 Å². The molecule has 0 bridgehead atoms. The Bertz CT molecular complexity index is 798. The lowest BCUT2D eigenvalue weighted by Gasteiger charge is -2.22. The van der Waals surface area contributed by atoms with E-state index in [9.17, 15) is 10.1 Å². The molecule has 1 aliphatic carbocycles. The van der Waals surface area contributed by atoms with E-state index in [4.69, 9.17) is 21.4 Å². The fourth-order valence-electron chi connectivity index (χ4n) is 4.05. The SMILES string of the molecule is O=[N+]([O-])c1ccccc1CC[C@H]1CCC(Cl)[C@@H]1COc1cccc(CCO)c1. The number of benzene rings is 2. The average molecular weight is 404 g/mol. The number of hydrogen-bond donors (Lipinski definition) is 1. The smallest absolute Gasteiger partial charge is 0.272 e. The molecule has 0 aliphatic heterocycles. The Morgan fingerprint density at radius 3 is 2.75 bits per heavy atom. The molecule has 150 valence electrons. The minimum Gasteiger partial charge on any atom is -0.493 e. The van der Waals surface area contributed by atoms with E-state index in [0.717, 1.165) is 36.1 Å². The van der Waals surface area contributed by atoms with E-state index in [-0.39, 0.29) is 28.5 Å². The normalized spacial score (nSPS) is 21.6.